The number of aryl methyl sites for hydroxylation is 1. The van der Waals surface area contributed by atoms with E-state index in [2.05, 4.69) is 33.1 Å². The van der Waals surface area contributed by atoms with Crippen LogP contribution >= 0.6 is 11.3 Å². The topological polar surface area (TPSA) is 113 Å². The molecule has 1 aromatic carbocycles. The molecule has 0 saturated carbocycles. The van der Waals surface area contributed by atoms with E-state index in [1.807, 2.05) is 0 Å². The number of nitrogens with zero attached hydrogens (tertiary/aromatic N) is 2. The summed E-state index contributed by atoms with van der Waals surface area (Å²) in [6.07, 6.45) is 3.22. The number of hydrogen-bond donors (Lipinski definition) is 3. The van der Waals surface area contributed by atoms with Gasteiger partial charge in [0.15, 0.2) is 0 Å². The molecular weight excluding hydrogens is 366 g/mol. The number of carbonyl (C=O) groups is 3. The minimum atomic E-state index is -0.773. The number of carbonyl (C=O) groups excluding carboxylic acids is 3. The largest absolute Gasteiger partial charge is 0.340 e. The van der Waals surface area contributed by atoms with Gasteiger partial charge in [-0.1, -0.05) is 36.8 Å². The molecule has 0 radical (unpaired) electrons. The predicted octanol–water partition coefficient (Wildman–Crippen LogP) is 2.35. The van der Waals surface area contributed by atoms with Gasteiger partial charge in [0.2, 0.25) is 16.9 Å². The van der Waals surface area contributed by atoms with Crippen LogP contribution < -0.4 is 16.0 Å². The number of para-hydroxylation sites is 1. The number of anilines is 2. The van der Waals surface area contributed by atoms with E-state index in [1.165, 1.54) is 11.3 Å². The quantitative estimate of drug-likeness (QED) is 0.675. The van der Waals surface area contributed by atoms with Crippen molar-refractivity contribution in [2.45, 2.75) is 45.1 Å². The van der Waals surface area contributed by atoms with Crippen molar-refractivity contribution in [3.05, 3.63) is 34.8 Å². The van der Waals surface area contributed by atoms with Crippen molar-refractivity contribution in [2.24, 2.45) is 0 Å². The molecular formula is C18H21N5O3S. The second kappa shape index (κ2) is 8.72. The minimum Gasteiger partial charge on any atom is -0.340 e. The van der Waals surface area contributed by atoms with Crippen LogP contribution in [0.4, 0.5) is 10.8 Å². The molecule has 1 atom stereocenters. The Labute approximate surface area is 160 Å². The van der Waals surface area contributed by atoms with E-state index in [1.54, 1.807) is 24.3 Å². The first-order valence-electron chi connectivity index (χ1n) is 8.89. The molecule has 0 aliphatic carbocycles. The number of rotatable bonds is 7. The van der Waals surface area contributed by atoms with E-state index in [0.717, 1.165) is 24.3 Å². The Kier molecular flexibility index (Phi) is 6.12. The van der Waals surface area contributed by atoms with Gasteiger partial charge in [0, 0.05) is 12.8 Å². The Morgan fingerprint density at radius 2 is 2.07 bits per heavy atom. The van der Waals surface area contributed by atoms with Crippen LogP contribution in [0.2, 0.25) is 0 Å². The van der Waals surface area contributed by atoms with Crippen molar-refractivity contribution in [3.63, 3.8) is 0 Å². The highest BCUT2D eigenvalue weighted by atomic mass is 32.1. The van der Waals surface area contributed by atoms with Crippen molar-refractivity contribution in [1.82, 2.24) is 15.5 Å². The Bertz CT molecular complexity index is 851. The number of hydrogen-bond acceptors (Lipinski definition) is 6. The van der Waals surface area contributed by atoms with Crippen LogP contribution in [-0.4, -0.2) is 34.0 Å². The second-order valence-corrected chi connectivity index (χ2v) is 7.31. The Balaban J connectivity index is 1.53. The summed E-state index contributed by atoms with van der Waals surface area (Å²) in [5, 5.41) is 17.4. The molecule has 2 aromatic rings. The van der Waals surface area contributed by atoms with Crippen LogP contribution in [0.15, 0.2) is 24.3 Å². The van der Waals surface area contributed by atoms with Gasteiger partial charge in [-0.2, -0.15) is 0 Å². The van der Waals surface area contributed by atoms with Gasteiger partial charge in [-0.05, 0) is 25.0 Å². The van der Waals surface area contributed by atoms with Gasteiger partial charge < -0.3 is 16.0 Å². The highest BCUT2D eigenvalue weighted by Crippen LogP contribution is 2.20. The Morgan fingerprint density at radius 3 is 2.89 bits per heavy atom. The molecule has 3 amide bonds. The van der Waals surface area contributed by atoms with Crippen molar-refractivity contribution in [3.8, 4) is 0 Å². The van der Waals surface area contributed by atoms with Crippen molar-refractivity contribution in [1.29, 1.82) is 0 Å². The first-order chi connectivity index (χ1) is 13.1. The molecule has 0 saturated heterocycles. The van der Waals surface area contributed by atoms with E-state index in [0.29, 0.717) is 16.4 Å². The fourth-order valence-electron chi connectivity index (χ4n) is 2.71. The molecule has 2 heterocycles. The van der Waals surface area contributed by atoms with Crippen LogP contribution in [0.5, 0.6) is 0 Å². The summed E-state index contributed by atoms with van der Waals surface area (Å²) >= 11 is 1.36. The maximum Gasteiger partial charge on any atom is 0.254 e. The van der Waals surface area contributed by atoms with Crippen LogP contribution in [0.25, 0.3) is 0 Å². The number of aromatic nitrogens is 2. The maximum absolute atomic E-state index is 12.3. The third-order valence-electron chi connectivity index (χ3n) is 4.17. The minimum absolute atomic E-state index is 0.0819. The Morgan fingerprint density at radius 1 is 1.26 bits per heavy atom. The van der Waals surface area contributed by atoms with E-state index in [4.69, 9.17) is 0 Å². The van der Waals surface area contributed by atoms with Crippen LogP contribution in [-0.2, 0) is 16.0 Å². The second-order valence-electron chi connectivity index (χ2n) is 6.25. The summed E-state index contributed by atoms with van der Waals surface area (Å²) in [6.45, 7) is 2.10. The van der Waals surface area contributed by atoms with Gasteiger partial charge >= 0.3 is 0 Å². The lowest BCUT2D eigenvalue weighted by Crippen LogP contribution is -2.41. The average Bonchev–Trinajstić information content (AvgIpc) is 3.05. The standard InChI is InChI=1S/C18H21N5O3S/c1-2-3-8-15-22-23-18(27-15)21-14(24)10-9-13-17(26)19-12-7-5-4-6-11(12)16(25)20-13/h4-7,13H,2-3,8-10H2,1H3,(H,19,26)(H,20,25)(H,21,23,24)/t13-/m1/s1. The summed E-state index contributed by atoms with van der Waals surface area (Å²) in [7, 11) is 0. The molecule has 0 bridgehead atoms. The Hall–Kier alpha value is -2.81. The van der Waals surface area contributed by atoms with Gasteiger partial charge in [-0.15, -0.1) is 10.2 Å². The zero-order chi connectivity index (χ0) is 19.2. The lowest BCUT2D eigenvalue weighted by atomic mass is 10.1. The molecule has 27 heavy (non-hydrogen) atoms. The van der Waals surface area contributed by atoms with E-state index in [9.17, 15) is 14.4 Å². The fourth-order valence-corrected chi connectivity index (χ4v) is 3.50. The van der Waals surface area contributed by atoms with E-state index < -0.39 is 6.04 Å². The number of fused-ring (bicyclic) bond motifs is 1. The third kappa shape index (κ3) is 4.88. The molecule has 8 nitrogen and oxygen atoms in total. The molecule has 1 aliphatic rings. The van der Waals surface area contributed by atoms with Gasteiger partial charge in [-0.3, -0.25) is 14.4 Å². The van der Waals surface area contributed by atoms with Crippen LogP contribution in [0.3, 0.4) is 0 Å². The van der Waals surface area contributed by atoms with Crippen molar-refractivity contribution < 1.29 is 14.4 Å². The first kappa shape index (κ1) is 19.0. The summed E-state index contributed by atoms with van der Waals surface area (Å²) in [5.41, 5.74) is 0.881. The third-order valence-corrected chi connectivity index (χ3v) is 5.07. The SMILES string of the molecule is CCCCc1nnc(NC(=O)CC[C@H]2NC(=O)c3ccccc3NC2=O)s1. The molecule has 142 valence electrons. The number of unbranched alkanes of at least 4 members (excludes halogenated alkanes) is 1. The fraction of sp³-hybridized carbons (Fsp3) is 0.389. The number of amides is 3. The lowest BCUT2D eigenvalue weighted by molar-refractivity contribution is -0.118. The zero-order valence-corrected chi connectivity index (χ0v) is 15.8. The smallest absolute Gasteiger partial charge is 0.254 e. The zero-order valence-electron chi connectivity index (χ0n) is 14.9. The molecule has 0 spiro atoms. The van der Waals surface area contributed by atoms with E-state index >= 15 is 0 Å². The van der Waals surface area contributed by atoms with Crippen LogP contribution in [0.1, 0.15) is 48.0 Å². The van der Waals surface area contributed by atoms with Crippen molar-refractivity contribution in [2.75, 3.05) is 10.6 Å². The monoisotopic (exact) mass is 387 g/mol. The number of nitrogens with one attached hydrogen (secondary N) is 3. The maximum atomic E-state index is 12.3. The normalized spacial score (nSPS) is 16.1. The number of benzene rings is 1. The van der Waals surface area contributed by atoms with Crippen molar-refractivity contribution >= 4 is 39.9 Å². The van der Waals surface area contributed by atoms with Gasteiger partial charge in [0.05, 0.1) is 11.3 Å². The van der Waals surface area contributed by atoms with Gasteiger partial charge in [0.1, 0.15) is 11.0 Å². The summed E-state index contributed by atoms with van der Waals surface area (Å²) < 4.78 is 0. The first-order valence-corrected chi connectivity index (χ1v) is 9.71. The molecule has 0 unspecified atom stereocenters. The highest BCUT2D eigenvalue weighted by molar-refractivity contribution is 7.15. The molecule has 3 N–H and O–H groups in total. The average molecular weight is 387 g/mol. The molecule has 1 aliphatic heterocycles. The molecule has 0 fully saturated rings. The van der Waals surface area contributed by atoms with Crippen LogP contribution in [0, 0.1) is 0 Å². The summed E-state index contributed by atoms with van der Waals surface area (Å²) in [5.74, 6) is -0.935. The summed E-state index contributed by atoms with van der Waals surface area (Å²) in [6, 6.07) is 6.02. The lowest BCUT2D eigenvalue weighted by Gasteiger charge is -2.13. The predicted molar refractivity (Wildman–Crippen MR) is 103 cm³/mol. The molecule has 1 aromatic heterocycles. The summed E-state index contributed by atoms with van der Waals surface area (Å²) in [4.78, 5) is 36.7. The van der Waals surface area contributed by atoms with Gasteiger partial charge in [-0.25, -0.2) is 0 Å². The molecule has 3 rings (SSSR count). The highest BCUT2D eigenvalue weighted by Gasteiger charge is 2.27. The van der Waals surface area contributed by atoms with Gasteiger partial charge in [0.25, 0.3) is 5.91 Å². The van der Waals surface area contributed by atoms with E-state index in [-0.39, 0.29) is 30.6 Å². The molecule has 9 heteroatoms.